The lowest BCUT2D eigenvalue weighted by Crippen LogP contribution is -2.14. The van der Waals surface area contributed by atoms with Crippen molar-refractivity contribution < 1.29 is 8.95 Å². The summed E-state index contributed by atoms with van der Waals surface area (Å²) >= 11 is 2.12. The molecule has 0 spiro atoms. The van der Waals surface area contributed by atoms with Crippen LogP contribution in [0.3, 0.4) is 0 Å². The second-order valence-corrected chi connectivity index (χ2v) is 8.59. The number of pyridine rings is 1. The summed E-state index contributed by atoms with van der Waals surface area (Å²) in [4.78, 5) is 4.26. The Bertz CT molecular complexity index is 820. The number of nitriles is 1. The fourth-order valence-corrected chi connectivity index (χ4v) is 3.98. The molecule has 0 aliphatic carbocycles. The van der Waals surface area contributed by atoms with Crippen LogP contribution in [0.2, 0.25) is 0 Å². The van der Waals surface area contributed by atoms with E-state index in [2.05, 4.69) is 31.9 Å². The van der Waals surface area contributed by atoms with E-state index in [1.807, 2.05) is 36.4 Å². The second-order valence-electron chi connectivity index (χ2n) is 5.01. The molecule has 0 saturated carbocycles. The molecule has 0 amide bonds. The van der Waals surface area contributed by atoms with Crippen LogP contribution in [0.25, 0.3) is 0 Å². The zero-order valence-corrected chi connectivity index (χ0v) is 15.7. The predicted molar refractivity (Wildman–Crippen MR) is 98.5 cm³/mol. The van der Waals surface area contributed by atoms with E-state index in [0.29, 0.717) is 6.42 Å². The average Bonchev–Trinajstić information content (AvgIpc) is 2.54. The SMILES string of the molecule is COc1ccc(CC(c2ccc(I)nc2)S(C)(=O)=NC#N)cc1. The molecule has 0 N–H and O–H groups in total. The number of methoxy groups -OCH3 is 1. The van der Waals surface area contributed by atoms with Gasteiger partial charge in [-0.15, -0.1) is 4.36 Å². The Balaban J connectivity index is 2.41. The lowest BCUT2D eigenvalue weighted by molar-refractivity contribution is 0.414. The third-order valence-corrected chi connectivity index (χ3v) is 6.03. The molecule has 7 heteroatoms. The molecule has 1 aromatic carbocycles. The molecule has 5 nitrogen and oxygen atoms in total. The third-order valence-electron chi connectivity index (χ3n) is 3.45. The highest BCUT2D eigenvalue weighted by atomic mass is 127. The minimum absolute atomic E-state index is 0.403. The van der Waals surface area contributed by atoms with Gasteiger partial charge in [-0.2, -0.15) is 5.26 Å². The molecule has 0 saturated heterocycles. The van der Waals surface area contributed by atoms with E-state index >= 15 is 0 Å². The summed E-state index contributed by atoms with van der Waals surface area (Å²) in [6.45, 7) is 0. The standard InChI is InChI=1S/C16H16IN3O2S/c1-22-14-6-3-12(4-7-14)9-15(23(2,21)20-11-18)13-5-8-16(17)19-10-13/h3-8,10,15H,9H2,1-2H3. The van der Waals surface area contributed by atoms with Crippen LogP contribution in [0, 0.1) is 15.2 Å². The maximum Gasteiger partial charge on any atom is 0.214 e. The summed E-state index contributed by atoms with van der Waals surface area (Å²) in [5, 5.41) is 8.44. The Labute approximate surface area is 150 Å². The molecular weight excluding hydrogens is 425 g/mol. The Morgan fingerprint density at radius 2 is 2.04 bits per heavy atom. The van der Waals surface area contributed by atoms with Gasteiger partial charge in [0.15, 0.2) is 0 Å². The molecule has 1 heterocycles. The molecule has 0 radical (unpaired) electrons. The Kier molecular flexibility index (Phi) is 5.96. The van der Waals surface area contributed by atoms with Gasteiger partial charge >= 0.3 is 0 Å². The number of ether oxygens (including phenoxy) is 1. The van der Waals surface area contributed by atoms with Crippen molar-refractivity contribution in [2.45, 2.75) is 11.7 Å². The Morgan fingerprint density at radius 3 is 2.57 bits per heavy atom. The smallest absolute Gasteiger partial charge is 0.214 e. The van der Waals surface area contributed by atoms with Gasteiger partial charge in [-0.05, 0) is 58.3 Å². The van der Waals surface area contributed by atoms with Crippen LogP contribution in [0.15, 0.2) is 47.0 Å². The van der Waals surface area contributed by atoms with Crippen LogP contribution in [0.5, 0.6) is 5.75 Å². The molecule has 120 valence electrons. The van der Waals surface area contributed by atoms with Crippen molar-refractivity contribution in [3.63, 3.8) is 0 Å². The van der Waals surface area contributed by atoms with Gasteiger partial charge in [0.2, 0.25) is 6.19 Å². The van der Waals surface area contributed by atoms with E-state index in [9.17, 15) is 4.21 Å². The number of hydrogen-bond donors (Lipinski definition) is 0. The van der Waals surface area contributed by atoms with Crippen molar-refractivity contribution in [2.75, 3.05) is 13.4 Å². The predicted octanol–water partition coefficient (Wildman–Crippen LogP) is 3.56. The number of benzene rings is 1. The van der Waals surface area contributed by atoms with Gasteiger partial charge in [0.1, 0.15) is 9.45 Å². The summed E-state index contributed by atoms with van der Waals surface area (Å²) in [5.41, 5.74) is 1.81. The van der Waals surface area contributed by atoms with Gasteiger partial charge in [-0.25, -0.2) is 4.21 Å². The summed E-state index contributed by atoms with van der Waals surface area (Å²) in [6, 6.07) is 11.3. The maximum atomic E-state index is 12.9. The van der Waals surface area contributed by atoms with Crippen LogP contribution in [0.4, 0.5) is 0 Å². The first-order valence-corrected chi connectivity index (χ1v) is 9.86. The van der Waals surface area contributed by atoms with Crippen molar-refractivity contribution in [3.8, 4) is 11.9 Å². The summed E-state index contributed by atoms with van der Waals surface area (Å²) < 4.78 is 22.5. The molecule has 0 fully saturated rings. The van der Waals surface area contributed by atoms with Crippen LogP contribution in [-0.4, -0.2) is 22.6 Å². The average molecular weight is 441 g/mol. The van der Waals surface area contributed by atoms with Crippen LogP contribution >= 0.6 is 22.6 Å². The Morgan fingerprint density at radius 1 is 1.35 bits per heavy atom. The van der Waals surface area contributed by atoms with Gasteiger partial charge < -0.3 is 4.74 Å². The lowest BCUT2D eigenvalue weighted by Gasteiger charge is -2.18. The molecule has 1 aromatic heterocycles. The maximum absolute atomic E-state index is 12.9. The number of rotatable bonds is 5. The second kappa shape index (κ2) is 7.75. The van der Waals surface area contributed by atoms with Crippen molar-refractivity contribution >= 4 is 32.3 Å². The number of hydrogen-bond acceptors (Lipinski definition) is 5. The van der Waals surface area contributed by atoms with Gasteiger partial charge in [0.05, 0.1) is 22.1 Å². The first kappa shape index (κ1) is 17.7. The minimum atomic E-state index is -2.71. The fourth-order valence-electron chi connectivity index (χ4n) is 2.22. The molecule has 23 heavy (non-hydrogen) atoms. The zero-order chi connectivity index (χ0) is 16.9. The van der Waals surface area contributed by atoms with Crippen molar-refractivity contribution in [2.24, 2.45) is 4.36 Å². The highest BCUT2D eigenvalue weighted by Crippen LogP contribution is 2.28. The highest BCUT2D eigenvalue weighted by Gasteiger charge is 2.22. The van der Waals surface area contributed by atoms with Crippen molar-refractivity contribution in [3.05, 3.63) is 57.4 Å². The molecule has 2 atom stereocenters. The van der Waals surface area contributed by atoms with Gasteiger partial charge in [-0.1, -0.05) is 18.2 Å². The van der Waals surface area contributed by atoms with Crippen LogP contribution < -0.4 is 4.74 Å². The monoisotopic (exact) mass is 441 g/mol. The van der Waals surface area contributed by atoms with E-state index in [0.717, 1.165) is 20.6 Å². The quantitative estimate of drug-likeness (QED) is 0.404. The molecule has 2 rings (SSSR count). The normalized spacial score (nSPS) is 14.3. The van der Waals surface area contributed by atoms with Crippen LogP contribution in [0.1, 0.15) is 16.4 Å². The van der Waals surface area contributed by atoms with E-state index in [-0.39, 0.29) is 0 Å². The molecule has 2 aromatic rings. The number of nitrogens with zero attached hydrogens (tertiary/aromatic N) is 3. The third kappa shape index (κ3) is 4.65. The van der Waals surface area contributed by atoms with E-state index in [4.69, 9.17) is 10.00 Å². The first-order chi connectivity index (χ1) is 11.0. The lowest BCUT2D eigenvalue weighted by atomic mass is 10.1. The van der Waals surface area contributed by atoms with Gasteiger partial charge in [0, 0.05) is 12.5 Å². The molecule has 0 aliphatic heterocycles. The first-order valence-electron chi connectivity index (χ1n) is 6.79. The fraction of sp³-hybridized carbons (Fsp3) is 0.250. The molecule has 2 unspecified atom stereocenters. The topological polar surface area (TPSA) is 75.3 Å². The van der Waals surface area contributed by atoms with E-state index in [1.54, 1.807) is 19.5 Å². The van der Waals surface area contributed by atoms with Crippen molar-refractivity contribution in [1.82, 2.24) is 4.98 Å². The van der Waals surface area contributed by atoms with E-state index < -0.39 is 15.0 Å². The summed E-state index contributed by atoms with van der Waals surface area (Å²) in [7, 11) is -1.10. The number of halogens is 1. The number of aromatic nitrogens is 1. The molecule has 0 aliphatic rings. The van der Waals surface area contributed by atoms with E-state index in [1.165, 1.54) is 6.26 Å². The molecule has 0 bridgehead atoms. The largest absolute Gasteiger partial charge is 0.497 e. The van der Waals surface area contributed by atoms with Gasteiger partial charge in [0.25, 0.3) is 0 Å². The molecular formula is C16H16IN3O2S. The van der Waals surface area contributed by atoms with Gasteiger partial charge in [-0.3, -0.25) is 4.98 Å². The van der Waals surface area contributed by atoms with Crippen molar-refractivity contribution in [1.29, 1.82) is 5.26 Å². The minimum Gasteiger partial charge on any atom is -0.497 e. The zero-order valence-electron chi connectivity index (χ0n) is 12.8. The van der Waals surface area contributed by atoms with Crippen LogP contribution in [-0.2, 0) is 16.1 Å². The summed E-state index contributed by atoms with van der Waals surface area (Å²) in [6.07, 6.45) is 5.40. The Hall–Kier alpha value is -1.66. The highest BCUT2D eigenvalue weighted by molar-refractivity contribution is 14.1. The summed E-state index contributed by atoms with van der Waals surface area (Å²) in [5.74, 6) is 0.764.